The Bertz CT molecular complexity index is 189. The van der Waals surface area contributed by atoms with Crippen LogP contribution in [-0.4, -0.2) is 40.1 Å². The van der Waals surface area contributed by atoms with Crippen LogP contribution in [0.5, 0.6) is 0 Å². The van der Waals surface area contributed by atoms with E-state index in [4.69, 9.17) is 4.43 Å². The van der Waals surface area contributed by atoms with Crippen LogP contribution in [0.4, 0.5) is 0 Å². The Kier molecular flexibility index (Phi) is 10.1. The fourth-order valence-corrected chi connectivity index (χ4v) is 2.55. The van der Waals surface area contributed by atoms with Crippen molar-refractivity contribution in [3.05, 3.63) is 0 Å². The van der Waals surface area contributed by atoms with Gasteiger partial charge in [-0.2, -0.15) is 0 Å². The molecule has 0 aromatic heterocycles. The predicted octanol–water partition coefficient (Wildman–Crippen LogP) is 3.13. The van der Waals surface area contributed by atoms with E-state index in [1.165, 1.54) is 51.6 Å². The van der Waals surface area contributed by atoms with Crippen LogP contribution in [0, 0.1) is 0 Å². The zero-order chi connectivity index (χ0) is 14.0. The van der Waals surface area contributed by atoms with Crippen LogP contribution in [0.25, 0.3) is 0 Å². The number of rotatable bonds is 11. The van der Waals surface area contributed by atoms with Gasteiger partial charge in [0.05, 0.1) is 5.60 Å². The quantitative estimate of drug-likeness (QED) is 0.536. The number of nitrogens with zero attached hydrogens (tertiary/aromatic N) is 1. The van der Waals surface area contributed by atoms with Gasteiger partial charge in [-0.3, -0.25) is 0 Å². The summed E-state index contributed by atoms with van der Waals surface area (Å²) in [5.74, 6) is 0. The van der Waals surface area contributed by atoms with Gasteiger partial charge in [0.15, 0.2) is 0 Å². The van der Waals surface area contributed by atoms with Crippen LogP contribution in [0.2, 0.25) is 0 Å². The van der Waals surface area contributed by atoms with E-state index in [1.807, 2.05) is 0 Å². The molecule has 3 heteroatoms. The summed E-state index contributed by atoms with van der Waals surface area (Å²) in [6, 6.07) is 0.687. The molecule has 0 fully saturated rings. The van der Waals surface area contributed by atoms with Crippen molar-refractivity contribution in [1.29, 1.82) is 0 Å². The summed E-state index contributed by atoms with van der Waals surface area (Å²) in [4.78, 5) is 2.70. The third-order valence-corrected chi connectivity index (χ3v) is 4.97. The molecule has 2 nitrogen and oxygen atoms in total. The van der Waals surface area contributed by atoms with Crippen LogP contribution in [0.1, 0.15) is 73.1 Å². The lowest BCUT2D eigenvalue weighted by molar-refractivity contribution is 0.0595. The molecule has 1 atom stereocenters. The third kappa shape index (κ3) is 7.55. The molecule has 0 saturated carbocycles. The summed E-state index contributed by atoms with van der Waals surface area (Å²) >= 11 is 0. The van der Waals surface area contributed by atoms with Crippen molar-refractivity contribution in [2.45, 2.75) is 84.8 Å². The maximum absolute atomic E-state index is 5.74. The molecule has 0 radical (unpaired) electrons. The first-order valence-electron chi connectivity index (χ1n) is 7.79. The van der Waals surface area contributed by atoms with Crippen molar-refractivity contribution < 1.29 is 4.43 Å². The summed E-state index contributed by atoms with van der Waals surface area (Å²) < 4.78 is 5.74. The molecule has 0 aliphatic carbocycles. The molecule has 110 valence electrons. The van der Waals surface area contributed by atoms with Crippen molar-refractivity contribution in [3.63, 3.8) is 0 Å². The molecule has 0 bridgehead atoms. The van der Waals surface area contributed by atoms with E-state index in [2.05, 4.69) is 39.5 Å². The second-order valence-corrected chi connectivity index (χ2v) is 6.38. The van der Waals surface area contributed by atoms with Crippen molar-refractivity contribution in [2.75, 3.05) is 13.1 Å². The maximum atomic E-state index is 5.74. The minimum absolute atomic E-state index is 0.0591. The molecule has 0 aromatic carbocycles. The normalized spacial score (nSPS) is 14.3. The standard InChI is InChI=1S/C15H35NOSi/c1-6-9-11-16(12-10-7-2)14(8-3)13-15(4,5)17-18/h14H,6-13H2,1-5,18H3. The van der Waals surface area contributed by atoms with Gasteiger partial charge in [-0.05, 0) is 52.6 Å². The van der Waals surface area contributed by atoms with Crippen LogP contribution in [0.3, 0.4) is 0 Å². The van der Waals surface area contributed by atoms with Gasteiger partial charge in [0, 0.05) is 6.04 Å². The second kappa shape index (κ2) is 9.99. The van der Waals surface area contributed by atoms with Gasteiger partial charge >= 0.3 is 0 Å². The minimum atomic E-state index is 0.0591. The van der Waals surface area contributed by atoms with Gasteiger partial charge in [0.2, 0.25) is 0 Å². The van der Waals surface area contributed by atoms with Gasteiger partial charge in [0.1, 0.15) is 10.5 Å². The highest BCUT2D eigenvalue weighted by Gasteiger charge is 2.25. The Morgan fingerprint density at radius 3 is 1.89 bits per heavy atom. The average Bonchev–Trinajstić information content (AvgIpc) is 2.36. The average molecular weight is 274 g/mol. The number of hydrogen-bond acceptors (Lipinski definition) is 2. The van der Waals surface area contributed by atoms with E-state index in [0.717, 1.165) is 10.5 Å². The third-order valence-electron chi connectivity index (χ3n) is 3.87. The smallest absolute Gasteiger partial charge is 0.146 e. The minimum Gasteiger partial charge on any atom is -0.423 e. The highest BCUT2D eigenvalue weighted by Crippen LogP contribution is 2.22. The fraction of sp³-hybridized carbons (Fsp3) is 1.00. The zero-order valence-corrected chi connectivity index (χ0v) is 15.6. The summed E-state index contributed by atoms with van der Waals surface area (Å²) in [5, 5.41) is 0. The summed E-state index contributed by atoms with van der Waals surface area (Å²) in [6.07, 6.45) is 7.63. The van der Waals surface area contributed by atoms with E-state index < -0.39 is 0 Å². The zero-order valence-electron chi connectivity index (χ0n) is 13.6. The van der Waals surface area contributed by atoms with Crippen LogP contribution in [-0.2, 0) is 4.43 Å². The van der Waals surface area contributed by atoms with Gasteiger partial charge < -0.3 is 9.33 Å². The van der Waals surface area contributed by atoms with Gasteiger partial charge in [-0.25, -0.2) is 0 Å². The molecule has 0 aliphatic heterocycles. The first-order chi connectivity index (χ1) is 8.50. The molecular formula is C15H35NOSi. The highest BCUT2D eigenvalue weighted by atomic mass is 28.2. The van der Waals surface area contributed by atoms with E-state index >= 15 is 0 Å². The molecule has 0 N–H and O–H groups in total. The Morgan fingerprint density at radius 2 is 1.56 bits per heavy atom. The predicted molar refractivity (Wildman–Crippen MR) is 85.2 cm³/mol. The molecule has 0 spiro atoms. The number of hydrogen-bond donors (Lipinski definition) is 0. The van der Waals surface area contributed by atoms with Gasteiger partial charge in [-0.1, -0.05) is 33.6 Å². The maximum Gasteiger partial charge on any atom is 0.146 e. The lowest BCUT2D eigenvalue weighted by Gasteiger charge is -2.36. The highest BCUT2D eigenvalue weighted by molar-refractivity contribution is 5.98. The summed E-state index contributed by atoms with van der Waals surface area (Å²) in [5.41, 5.74) is 0.0591. The molecule has 0 aromatic rings. The Balaban J connectivity index is 4.47. The molecular weight excluding hydrogens is 238 g/mol. The van der Waals surface area contributed by atoms with E-state index in [9.17, 15) is 0 Å². The van der Waals surface area contributed by atoms with Crippen LogP contribution in [0.15, 0.2) is 0 Å². The fourth-order valence-electron chi connectivity index (χ4n) is 2.38. The second-order valence-electron chi connectivity index (χ2n) is 5.97. The molecule has 1 unspecified atom stereocenters. The molecule has 18 heavy (non-hydrogen) atoms. The monoisotopic (exact) mass is 273 g/mol. The number of unbranched alkanes of at least 4 members (excludes halogenated alkanes) is 2. The van der Waals surface area contributed by atoms with Crippen LogP contribution < -0.4 is 0 Å². The first kappa shape index (κ1) is 18.1. The van der Waals surface area contributed by atoms with Gasteiger partial charge in [-0.15, -0.1) is 0 Å². The summed E-state index contributed by atoms with van der Waals surface area (Å²) in [6.45, 7) is 13.9. The molecule has 0 saturated heterocycles. The van der Waals surface area contributed by atoms with E-state index in [-0.39, 0.29) is 5.60 Å². The summed E-state index contributed by atoms with van der Waals surface area (Å²) in [7, 11) is 0.839. The Hall–Kier alpha value is 0.137. The molecule has 0 amide bonds. The van der Waals surface area contributed by atoms with Crippen molar-refractivity contribution in [2.24, 2.45) is 0 Å². The van der Waals surface area contributed by atoms with E-state index in [0.29, 0.717) is 6.04 Å². The Morgan fingerprint density at radius 1 is 1.06 bits per heavy atom. The Labute approximate surface area is 118 Å². The molecule has 0 rings (SSSR count). The SMILES string of the molecule is CCCCN(CCCC)C(CC)CC(C)(C)O[SiH3]. The van der Waals surface area contributed by atoms with Crippen molar-refractivity contribution in [3.8, 4) is 0 Å². The largest absolute Gasteiger partial charge is 0.423 e. The lowest BCUT2D eigenvalue weighted by atomic mass is 9.95. The van der Waals surface area contributed by atoms with Crippen molar-refractivity contribution >= 4 is 10.5 Å². The lowest BCUT2D eigenvalue weighted by Crippen LogP contribution is -2.42. The topological polar surface area (TPSA) is 12.5 Å². The molecule has 0 aliphatic rings. The first-order valence-corrected chi connectivity index (χ1v) is 8.61. The van der Waals surface area contributed by atoms with Crippen LogP contribution >= 0.6 is 0 Å². The molecule has 0 heterocycles. The van der Waals surface area contributed by atoms with Crippen molar-refractivity contribution in [1.82, 2.24) is 4.90 Å². The van der Waals surface area contributed by atoms with Gasteiger partial charge in [0.25, 0.3) is 0 Å². The van der Waals surface area contributed by atoms with E-state index in [1.54, 1.807) is 0 Å².